The molecule has 1 fully saturated rings. The molecule has 1 aromatic carbocycles. The van der Waals surface area contributed by atoms with E-state index in [1.54, 1.807) is 6.07 Å². The number of ether oxygens (including phenoxy) is 1. The fourth-order valence-electron chi connectivity index (χ4n) is 2.86. The molecule has 0 bridgehead atoms. The number of hydrogen-bond acceptors (Lipinski definition) is 3. The maximum absolute atomic E-state index is 9.76. The molecule has 2 rings (SSSR count). The number of guanidine groups is 1. The molecule has 0 atom stereocenters. The molecule has 136 valence electrons. The Morgan fingerprint density at radius 1 is 1.25 bits per heavy atom. The van der Waals surface area contributed by atoms with Crippen LogP contribution in [0.2, 0.25) is 0 Å². The molecule has 0 unspecified atom stereocenters. The van der Waals surface area contributed by atoms with Crippen LogP contribution in [0.5, 0.6) is 11.5 Å². The van der Waals surface area contributed by atoms with Crippen LogP contribution in [0, 0.1) is 0 Å². The van der Waals surface area contributed by atoms with Crippen molar-refractivity contribution < 1.29 is 9.84 Å². The zero-order valence-corrected chi connectivity index (χ0v) is 17.0. The van der Waals surface area contributed by atoms with Crippen molar-refractivity contribution in [2.24, 2.45) is 4.99 Å². The standard InChI is InChI=1S/C18H29N3O2.HI/c1-3-19-18(21-15-8-6-5-7-9-15)20-13-14-10-11-16(22)17(12-14)23-4-2;/h10-12,15,22H,3-9,13H2,1-2H3,(H2,19,20,21);1H. The Kier molecular flexibility index (Phi) is 9.90. The predicted molar refractivity (Wildman–Crippen MR) is 110 cm³/mol. The molecular weight excluding hydrogens is 417 g/mol. The Labute approximate surface area is 162 Å². The van der Waals surface area contributed by atoms with E-state index in [1.165, 1.54) is 32.1 Å². The van der Waals surface area contributed by atoms with Gasteiger partial charge >= 0.3 is 0 Å². The van der Waals surface area contributed by atoms with Crippen LogP contribution in [0.3, 0.4) is 0 Å². The Hall–Kier alpha value is -1.18. The van der Waals surface area contributed by atoms with E-state index in [2.05, 4.69) is 22.5 Å². The van der Waals surface area contributed by atoms with Crippen LogP contribution in [0.25, 0.3) is 0 Å². The lowest BCUT2D eigenvalue weighted by Gasteiger charge is -2.24. The summed E-state index contributed by atoms with van der Waals surface area (Å²) in [6.45, 7) is 5.92. The maximum Gasteiger partial charge on any atom is 0.191 e. The summed E-state index contributed by atoms with van der Waals surface area (Å²) in [4.78, 5) is 4.67. The molecule has 1 aromatic rings. The van der Waals surface area contributed by atoms with Crippen LogP contribution in [-0.2, 0) is 6.54 Å². The number of rotatable bonds is 6. The third kappa shape index (κ3) is 6.75. The third-order valence-electron chi connectivity index (χ3n) is 4.03. The lowest BCUT2D eigenvalue weighted by atomic mass is 9.96. The molecule has 0 spiro atoms. The molecule has 6 heteroatoms. The van der Waals surface area contributed by atoms with Gasteiger partial charge in [0.1, 0.15) is 0 Å². The number of halogens is 1. The Morgan fingerprint density at radius 3 is 2.67 bits per heavy atom. The molecular formula is C18H30IN3O2. The summed E-state index contributed by atoms with van der Waals surface area (Å²) < 4.78 is 5.42. The normalized spacial score (nSPS) is 15.5. The van der Waals surface area contributed by atoms with Gasteiger partial charge in [-0.15, -0.1) is 24.0 Å². The number of hydrogen-bond donors (Lipinski definition) is 3. The van der Waals surface area contributed by atoms with Gasteiger partial charge in [-0.05, 0) is 44.4 Å². The number of nitrogens with zero attached hydrogens (tertiary/aromatic N) is 1. The van der Waals surface area contributed by atoms with Gasteiger partial charge in [0.05, 0.1) is 13.2 Å². The summed E-state index contributed by atoms with van der Waals surface area (Å²) in [5, 5.41) is 16.6. The summed E-state index contributed by atoms with van der Waals surface area (Å²) in [6, 6.07) is 5.93. The van der Waals surface area contributed by atoms with E-state index in [-0.39, 0.29) is 29.7 Å². The highest BCUT2D eigenvalue weighted by atomic mass is 127. The monoisotopic (exact) mass is 447 g/mol. The van der Waals surface area contributed by atoms with Gasteiger partial charge in [0.15, 0.2) is 17.5 Å². The van der Waals surface area contributed by atoms with Crippen LogP contribution in [0.15, 0.2) is 23.2 Å². The highest BCUT2D eigenvalue weighted by Gasteiger charge is 2.14. The number of aromatic hydroxyl groups is 1. The lowest BCUT2D eigenvalue weighted by Crippen LogP contribution is -2.44. The van der Waals surface area contributed by atoms with Crippen LogP contribution >= 0.6 is 24.0 Å². The zero-order chi connectivity index (χ0) is 16.5. The second-order valence-electron chi connectivity index (χ2n) is 5.91. The predicted octanol–water partition coefficient (Wildman–Crippen LogP) is 3.80. The molecule has 0 aromatic heterocycles. The summed E-state index contributed by atoms with van der Waals surface area (Å²) >= 11 is 0. The minimum atomic E-state index is 0. The van der Waals surface area contributed by atoms with E-state index in [4.69, 9.17) is 4.74 Å². The minimum Gasteiger partial charge on any atom is -0.504 e. The first-order valence-electron chi connectivity index (χ1n) is 8.72. The second-order valence-corrected chi connectivity index (χ2v) is 5.91. The van der Waals surface area contributed by atoms with E-state index >= 15 is 0 Å². The third-order valence-corrected chi connectivity index (χ3v) is 4.03. The van der Waals surface area contributed by atoms with Crippen LogP contribution in [0.4, 0.5) is 0 Å². The largest absolute Gasteiger partial charge is 0.504 e. The zero-order valence-electron chi connectivity index (χ0n) is 14.7. The fourth-order valence-corrected chi connectivity index (χ4v) is 2.86. The van der Waals surface area contributed by atoms with Gasteiger partial charge in [0, 0.05) is 12.6 Å². The van der Waals surface area contributed by atoms with Crippen LogP contribution in [0.1, 0.15) is 51.5 Å². The number of phenols is 1. The SMILES string of the molecule is CCNC(=NCc1ccc(O)c(OCC)c1)NC1CCCCC1.I. The first-order chi connectivity index (χ1) is 11.2. The molecule has 0 heterocycles. The van der Waals surface area contributed by atoms with Crippen molar-refractivity contribution >= 4 is 29.9 Å². The second kappa shape index (κ2) is 11.4. The summed E-state index contributed by atoms with van der Waals surface area (Å²) in [5.41, 5.74) is 1.02. The number of benzene rings is 1. The highest BCUT2D eigenvalue weighted by Crippen LogP contribution is 2.27. The van der Waals surface area contributed by atoms with Crippen molar-refractivity contribution in [2.75, 3.05) is 13.2 Å². The van der Waals surface area contributed by atoms with Crippen molar-refractivity contribution in [3.63, 3.8) is 0 Å². The average Bonchev–Trinajstić information content (AvgIpc) is 2.57. The highest BCUT2D eigenvalue weighted by molar-refractivity contribution is 14.0. The molecule has 24 heavy (non-hydrogen) atoms. The van der Waals surface area contributed by atoms with Crippen molar-refractivity contribution in [3.05, 3.63) is 23.8 Å². The van der Waals surface area contributed by atoms with Crippen molar-refractivity contribution in [3.8, 4) is 11.5 Å². The lowest BCUT2D eigenvalue weighted by molar-refractivity contribution is 0.318. The molecule has 1 saturated carbocycles. The summed E-state index contributed by atoms with van der Waals surface area (Å²) in [7, 11) is 0. The smallest absolute Gasteiger partial charge is 0.191 e. The first-order valence-corrected chi connectivity index (χ1v) is 8.72. The van der Waals surface area contributed by atoms with E-state index in [0.717, 1.165) is 18.1 Å². The van der Waals surface area contributed by atoms with Crippen LogP contribution in [-0.4, -0.2) is 30.3 Å². The topological polar surface area (TPSA) is 65.9 Å². The number of nitrogens with one attached hydrogen (secondary N) is 2. The van der Waals surface area contributed by atoms with Crippen molar-refractivity contribution in [2.45, 2.75) is 58.5 Å². The van der Waals surface area contributed by atoms with Gasteiger partial charge in [0.2, 0.25) is 0 Å². The van der Waals surface area contributed by atoms with Crippen LogP contribution < -0.4 is 15.4 Å². The Morgan fingerprint density at radius 2 is 2.00 bits per heavy atom. The van der Waals surface area contributed by atoms with Gasteiger partial charge in [0.25, 0.3) is 0 Å². The van der Waals surface area contributed by atoms with E-state index in [1.807, 2.05) is 19.1 Å². The van der Waals surface area contributed by atoms with E-state index < -0.39 is 0 Å². The van der Waals surface area contributed by atoms with E-state index in [0.29, 0.717) is 24.9 Å². The van der Waals surface area contributed by atoms with Gasteiger partial charge in [-0.1, -0.05) is 25.3 Å². The summed E-state index contributed by atoms with van der Waals surface area (Å²) in [6.07, 6.45) is 6.38. The van der Waals surface area contributed by atoms with Gasteiger partial charge in [-0.2, -0.15) is 0 Å². The molecule has 1 aliphatic rings. The number of aliphatic imine (C=N–C) groups is 1. The fraction of sp³-hybridized carbons (Fsp3) is 0.611. The Balaban J connectivity index is 0.00000288. The van der Waals surface area contributed by atoms with E-state index in [9.17, 15) is 5.11 Å². The molecule has 0 saturated heterocycles. The summed E-state index contributed by atoms with van der Waals surface area (Å²) in [5.74, 6) is 1.56. The molecule has 5 nitrogen and oxygen atoms in total. The molecule has 3 N–H and O–H groups in total. The van der Waals surface area contributed by atoms with Crippen molar-refractivity contribution in [1.29, 1.82) is 0 Å². The van der Waals surface area contributed by atoms with Gasteiger partial charge < -0.3 is 20.5 Å². The molecule has 0 amide bonds. The molecule has 0 radical (unpaired) electrons. The number of phenolic OH excluding ortho intramolecular Hbond substituents is 1. The van der Waals surface area contributed by atoms with Gasteiger partial charge in [-0.25, -0.2) is 4.99 Å². The Bertz CT molecular complexity index is 517. The van der Waals surface area contributed by atoms with Crippen molar-refractivity contribution in [1.82, 2.24) is 10.6 Å². The van der Waals surface area contributed by atoms with Gasteiger partial charge in [-0.3, -0.25) is 0 Å². The first kappa shape index (κ1) is 20.9. The molecule has 1 aliphatic carbocycles. The quantitative estimate of drug-likeness (QED) is 0.353. The molecule has 0 aliphatic heterocycles. The average molecular weight is 447 g/mol. The minimum absolute atomic E-state index is 0. The maximum atomic E-state index is 9.76.